The van der Waals surface area contributed by atoms with Crippen LogP contribution in [0.1, 0.15) is 68.3 Å². The van der Waals surface area contributed by atoms with Gasteiger partial charge in [-0.3, -0.25) is 4.79 Å². The molecule has 0 unspecified atom stereocenters. The van der Waals surface area contributed by atoms with Crippen LogP contribution in [0.5, 0.6) is 0 Å². The van der Waals surface area contributed by atoms with Crippen molar-refractivity contribution < 1.29 is 4.79 Å². The Labute approximate surface area is 154 Å². The van der Waals surface area contributed by atoms with E-state index >= 15 is 0 Å². The van der Waals surface area contributed by atoms with Crippen LogP contribution in [0, 0.1) is 5.92 Å². The van der Waals surface area contributed by atoms with Crippen LogP contribution in [0.25, 0.3) is 0 Å². The Balaban J connectivity index is 1.62. The molecule has 2 aliphatic rings. The van der Waals surface area contributed by atoms with Crippen LogP contribution in [0.4, 0.5) is 0 Å². The van der Waals surface area contributed by atoms with Gasteiger partial charge in [-0.15, -0.1) is 0 Å². The second-order valence-electron chi connectivity index (χ2n) is 7.89. The van der Waals surface area contributed by atoms with E-state index in [4.69, 9.17) is 15.8 Å². The monoisotopic (exact) mass is 353 g/mol. The van der Waals surface area contributed by atoms with Crippen molar-refractivity contribution in [2.45, 2.75) is 57.7 Å². The first-order valence-corrected chi connectivity index (χ1v) is 9.60. The third kappa shape index (κ3) is 3.26. The zero-order chi connectivity index (χ0) is 18.3. The summed E-state index contributed by atoms with van der Waals surface area (Å²) in [5.74, 6) is 2.83. The fraction of sp³-hybridized carbons (Fsp3) is 0.550. The lowest BCUT2D eigenvalue weighted by molar-refractivity contribution is -0.137. The van der Waals surface area contributed by atoms with Gasteiger partial charge in [-0.05, 0) is 30.7 Å². The van der Waals surface area contributed by atoms with Crippen molar-refractivity contribution in [2.75, 3.05) is 6.54 Å². The number of carbonyl (C=O) groups excluding carboxylic acids is 1. The number of benzene rings is 1. The van der Waals surface area contributed by atoms with E-state index in [1.54, 1.807) is 0 Å². The highest BCUT2D eigenvalue weighted by Crippen LogP contribution is 2.40. The Morgan fingerprint density at radius 3 is 2.62 bits per heavy atom. The maximum atomic E-state index is 13.2. The summed E-state index contributed by atoms with van der Waals surface area (Å²) in [6, 6.07) is 8.92. The fourth-order valence-corrected chi connectivity index (χ4v) is 3.72. The average Bonchev–Trinajstić information content (AvgIpc) is 3.40. The minimum absolute atomic E-state index is 0.0240. The van der Waals surface area contributed by atoms with E-state index < -0.39 is 6.04 Å². The van der Waals surface area contributed by atoms with Crippen LogP contribution in [0.15, 0.2) is 30.3 Å². The second-order valence-corrected chi connectivity index (χ2v) is 7.89. The van der Waals surface area contributed by atoms with Gasteiger partial charge in [-0.25, -0.2) is 9.67 Å². The molecule has 1 fully saturated rings. The molecule has 6 nitrogen and oxygen atoms in total. The molecule has 2 heterocycles. The number of nitrogens with two attached hydrogens (primary N) is 1. The van der Waals surface area contributed by atoms with E-state index in [0.717, 1.165) is 23.6 Å². The Morgan fingerprint density at radius 1 is 1.23 bits per heavy atom. The summed E-state index contributed by atoms with van der Waals surface area (Å²) in [5, 5.41) is 4.70. The summed E-state index contributed by atoms with van der Waals surface area (Å²) >= 11 is 0. The summed E-state index contributed by atoms with van der Waals surface area (Å²) < 4.78 is 2.01. The summed E-state index contributed by atoms with van der Waals surface area (Å²) in [4.78, 5) is 20.0. The number of aromatic nitrogens is 3. The lowest BCUT2D eigenvalue weighted by Gasteiger charge is -2.37. The quantitative estimate of drug-likeness (QED) is 0.897. The zero-order valence-corrected chi connectivity index (χ0v) is 15.5. The first kappa shape index (κ1) is 17.2. The smallest absolute Gasteiger partial charge is 0.244 e. The molecule has 1 amide bonds. The van der Waals surface area contributed by atoms with Gasteiger partial charge in [-0.2, -0.15) is 5.10 Å². The van der Waals surface area contributed by atoms with E-state index in [1.807, 2.05) is 39.9 Å². The van der Waals surface area contributed by atoms with Crippen molar-refractivity contribution in [1.82, 2.24) is 19.7 Å². The number of carbonyl (C=O) groups is 1. The summed E-state index contributed by atoms with van der Waals surface area (Å²) in [5.41, 5.74) is 7.17. The summed E-state index contributed by atoms with van der Waals surface area (Å²) in [7, 11) is 0. The van der Waals surface area contributed by atoms with Gasteiger partial charge < -0.3 is 10.6 Å². The van der Waals surface area contributed by atoms with E-state index in [9.17, 15) is 4.79 Å². The lowest BCUT2D eigenvalue weighted by atomic mass is 9.98. The van der Waals surface area contributed by atoms with Crippen LogP contribution in [0.3, 0.4) is 0 Å². The van der Waals surface area contributed by atoms with Gasteiger partial charge in [0.2, 0.25) is 5.91 Å². The van der Waals surface area contributed by atoms with Crippen molar-refractivity contribution in [3.8, 4) is 0 Å². The predicted molar refractivity (Wildman–Crippen MR) is 99.3 cm³/mol. The van der Waals surface area contributed by atoms with Gasteiger partial charge >= 0.3 is 0 Å². The number of hydrogen-bond donors (Lipinski definition) is 1. The first-order chi connectivity index (χ1) is 12.5. The molecule has 1 aliphatic carbocycles. The maximum Gasteiger partial charge on any atom is 0.244 e. The van der Waals surface area contributed by atoms with Gasteiger partial charge in [0.05, 0.1) is 12.6 Å². The highest BCUT2D eigenvalue weighted by molar-refractivity contribution is 5.83. The number of amides is 1. The van der Waals surface area contributed by atoms with E-state index in [2.05, 4.69) is 13.8 Å². The van der Waals surface area contributed by atoms with Gasteiger partial charge in [0.25, 0.3) is 0 Å². The highest BCUT2D eigenvalue weighted by Gasteiger charge is 2.38. The Kier molecular flexibility index (Phi) is 4.53. The number of rotatable bonds is 5. The molecule has 0 radical (unpaired) electrons. The SMILES string of the molecule is CC(C)C[C@H]1c2nc(C3CC3)nn2CCN1C(=O)[C@H](N)c1ccccc1. The molecule has 1 aliphatic heterocycles. The normalized spacial score (nSPS) is 20.9. The van der Waals surface area contributed by atoms with Crippen LogP contribution in [-0.4, -0.2) is 32.1 Å². The van der Waals surface area contributed by atoms with Crippen molar-refractivity contribution in [3.05, 3.63) is 47.5 Å². The largest absolute Gasteiger partial charge is 0.329 e. The third-order valence-corrected chi connectivity index (χ3v) is 5.29. The standard InChI is InChI=1S/C20H27N5O/c1-13(2)12-16-19-22-18(15-8-9-15)23-25(19)11-10-24(16)20(26)17(21)14-6-4-3-5-7-14/h3-7,13,15-17H,8-12,21H2,1-2H3/t16-,17+/m0/s1. The molecule has 1 saturated carbocycles. The maximum absolute atomic E-state index is 13.2. The van der Waals surface area contributed by atoms with Crippen LogP contribution >= 0.6 is 0 Å². The lowest BCUT2D eigenvalue weighted by Crippen LogP contribution is -2.46. The van der Waals surface area contributed by atoms with Gasteiger partial charge in [-0.1, -0.05) is 44.2 Å². The molecule has 0 saturated heterocycles. The molecule has 1 aromatic heterocycles. The number of hydrogen-bond acceptors (Lipinski definition) is 4. The predicted octanol–water partition coefficient (Wildman–Crippen LogP) is 2.78. The highest BCUT2D eigenvalue weighted by atomic mass is 16.2. The second kappa shape index (κ2) is 6.83. The average molecular weight is 353 g/mol. The third-order valence-electron chi connectivity index (χ3n) is 5.29. The van der Waals surface area contributed by atoms with Crippen molar-refractivity contribution >= 4 is 5.91 Å². The van der Waals surface area contributed by atoms with Crippen LogP contribution in [0.2, 0.25) is 0 Å². The fourth-order valence-electron chi connectivity index (χ4n) is 3.72. The van der Waals surface area contributed by atoms with Gasteiger partial charge in [0.15, 0.2) is 5.82 Å². The van der Waals surface area contributed by atoms with E-state index in [0.29, 0.717) is 24.9 Å². The molecular formula is C20H27N5O. The molecule has 138 valence electrons. The van der Waals surface area contributed by atoms with Crippen molar-refractivity contribution in [1.29, 1.82) is 0 Å². The van der Waals surface area contributed by atoms with Gasteiger partial charge in [0.1, 0.15) is 11.9 Å². The Morgan fingerprint density at radius 2 is 1.96 bits per heavy atom. The molecular weight excluding hydrogens is 326 g/mol. The molecule has 0 bridgehead atoms. The summed E-state index contributed by atoms with van der Waals surface area (Å²) in [6.07, 6.45) is 3.23. The topological polar surface area (TPSA) is 77.0 Å². The first-order valence-electron chi connectivity index (χ1n) is 9.60. The molecule has 2 atom stereocenters. The minimum atomic E-state index is -0.636. The summed E-state index contributed by atoms with van der Waals surface area (Å²) in [6.45, 7) is 5.68. The van der Waals surface area contributed by atoms with Gasteiger partial charge in [0, 0.05) is 12.5 Å². The number of fused-ring (bicyclic) bond motifs is 1. The molecule has 4 rings (SSSR count). The molecule has 6 heteroatoms. The van der Waals surface area contributed by atoms with Crippen molar-refractivity contribution in [2.24, 2.45) is 11.7 Å². The molecule has 26 heavy (non-hydrogen) atoms. The molecule has 2 aromatic rings. The van der Waals surface area contributed by atoms with Crippen molar-refractivity contribution in [3.63, 3.8) is 0 Å². The molecule has 2 N–H and O–H groups in total. The molecule has 0 spiro atoms. The minimum Gasteiger partial charge on any atom is -0.329 e. The van der Waals surface area contributed by atoms with Crippen LogP contribution < -0.4 is 5.73 Å². The zero-order valence-electron chi connectivity index (χ0n) is 15.5. The molecule has 1 aromatic carbocycles. The Hall–Kier alpha value is -2.21. The number of nitrogens with zero attached hydrogens (tertiary/aromatic N) is 4. The van der Waals surface area contributed by atoms with E-state index in [1.165, 1.54) is 12.8 Å². The van der Waals surface area contributed by atoms with Crippen LogP contribution in [-0.2, 0) is 11.3 Å². The Bertz CT molecular complexity index is 781. The van der Waals surface area contributed by atoms with E-state index in [-0.39, 0.29) is 11.9 Å².